The lowest BCUT2D eigenvalue weighted by Crippen LogP contribution is -2.42. The summed E-state index contributed by atoms with van der Waals surface area (Å²) in [6.07, 6.45) is 1.65. The quantitative estimate of drug-likeness (QED) is 0.439. The molecule has 0 aliphatic carbocycles. The van der Waals surface area contributed by atoms with Gasteiger partial charge in [-0.25, -0.2) is 0 Å². The molecule has 2 rings (SSSR count). The van der Waals surface area contributed by atoms with Crippen molar-refractivity contribution in [3.05, 3.63) is 34.7 Å². The third kappa shape index (κ3) is 4.84. The van der Waals surface area contributed by atoms with Gasteiger partial charge in [0.05, 0.1) is 11.6 Å². The van der Waals surface area contributed by atoms with Gasteiger partial charge in [0.2, 0.25) is 0 Å². The molecule has 0 spiro atoms. The average Bonchev–Trinajstić information content (AvgIpc) is 2.78. The summed E-state index contributed by atoms with van der Waals surface area (Å²) in [4.78, 5) is 16.6. The third-order valence-electron chi connectivity index (χ3n) is 3.24. The van der Waals surface area contributed by atoms with Crippen LogP contribution in [0.1, 0.15) is 5.56 Å². The molecule has 124 valence electrons. The summed E-state index contributed by atoms with van der Waals surface area (Å²) in [7, 11) is 0. The van der Waals surface area contributed by atoms with Gasteiger partial charge in [-0.1, -0.05) is 42.2 Å². The molecule has 1 amide bonds. The van der Waals surface area contributed by atoms with E-state index in [-0.39, 0.29) is 11.7 Å². The predicted octanol–water partition coefficient (Wildman–Crippen LogP) is 3.33. The van der Waals surface area contributed by atoms with Gasteiger partial charge in [0.15, 0.2) is 0 Å². The van der Waals surface area contributed by atoms with Crippen LogP contribution in [0.2, 0.25) is 0 Å². The number of benzene rings is 1. The maximum atomic E-state index is 12.6. The number of phenols is 1. The van der Waals surface area contributed by atoms with Crippen LogP contribution in [0.3, 0.4) is 0 Å². The van der Waals surface area contributed by atoms with E-state index in [1.54, 1.807) is 30.3 Å². The van der Waals surface area contributed by atoms with Crippen molar-refractivity contribution in [3.8, 4) is 5.75 Å². The summed E-state index contributed by atoms with van der Waals surface area (Å²) in [5.74, 6) is 0.875. The molecule has 8 heteroatoms. The van der Waals surface area contributed by atoms with Gasteiger partial charge in [0, 0.05) is 30.4 Å². The smallest absolute Gasteiger partial charge is 0.267 e. The van der Waals surface area contributed by atoms with Gasteiger partial charge in [0.25, 0.3) is 5.91 Å². The Labute approximate surface area is 155 Å². The molecule has 4 nitrogen and oxygen atoms in total. The molecule has 1 aromatic carbocycles. The number of hydrogen-bond donors (Lipinski definition) is 1. The zero-order chi connectivity index (χ0) is 16.8. The van der Waals surface area contributed by atoms with E-state index in [9.17, 15) is 9.90 Å². The van der Waals surface area contributed by atoms with Crippen LogP contribution in [-0.2, 0) is 4.79 Å². The number of phenolic OH excluding ortho intramolecular Hbond substituents is 1. The first kappa shape index (κ1) is 18.5. The Morgan fingerprint density at radius 3 is 2.52 bits per heavy atom. The molecule has 1 aliphatic heterocycles. The van der Waals surface area contributed by atoms with Crippen molar-refractivity contribution in [2.24, 2.45) is 0 Å². The molecular weight excluding hydrogens is 375 g/mol. The number of alkyl halides is 2. The zero-order valence-corrected chi connectivity index (χ0v) is 15.4. The van der Waals surface area contributed by atoms with E-state index in [4.69, 9.17) is 35.4 Å². The van der Waals surface area contributed by atoms with E-state index in [0.717, 1.165) is 0 Å². The second-order valence-electron chi connectivity index (χ2n) is 4.81. The van der Waals surface area contributed by atoms with Crippen molar-refractivity contribution in [2.45, 2.75) is 0 Å². The second kappa shape index (κ2) is 8.89. The molecule has 1 saturated heterocycles. The van der Waals surface area contributed by atoms with Gasteiger partial charge >= 0.3 is 0 Å². The number of carbonyl (C=O) groups is 1. The second-order valence-corrected chi connectivity index (χ2v) is 7.24. The van der Waals surface area contributed by atoms with Crippen LogP contribution in [0.15, 0.2) is 29.2 Å². The van der Waals surface area contributed by atoms with E-state index >= 15 is 0 Å². The minimum atomic E-state index is -0.169. The molecule has 23 heavy (non-hydrogen) atoms. The van der Waals surface area contributed by atoms with E-state index in [2.05, 4.69) is 0 Å². The number of halogens is 2. The van der Waals surface area contributed by atoms with Crippen LogP contribution >= 0.6 is 47.2 Å². The lowest BCUT2D eigenvalue weighted by molar-refractivity contribution is -0.123. The first-order valence-electron chi connectivity index (χ1n) is 6.94. The highest BCUT2D eigenvalue weighted by atomic mass is 35.5. The number of rotatable bonds is 7. The van der Waals surface area contributed by atoms with Crippen molar-refractivity contribution in [2.75, 3.05) is 31.5 Å². The van der Waals surface area contributed by atoms with Gasteiger partial charge < -0.3 is 5.11 Å². The number of thiocarbonyl (C=S) groups is 1. The normalized spacial score (nSPS) is 16.8. The summed E-state index contributed by atoms with van der Waals surface area (Å²) in [5.41, 5.74) is 0.589. The Balaban J connectivity index is 2.15. The fourth-order valence-corrected chi connectivity index (χ4v) is 3.78. The maximum Gasteiger partial charge on any atom is 0.267 e. The fraction of sp³-hybridized carbons (Fsp3) is 0.333. The lowest BCUT2D eigenvalue weighted by atomic mass is 10.2. The molecule has 1 fully saturated rings. The Kier molecular flexibility index (Phi) is 7.17. The number of nitrogens with zero attached hydrogens (tertiary/aromatic N) is 2. The van der Waals surface area contributed by atoms with Crippen LogP contribution in [-0.4, -0.2) is 56.7 Å². The summed E-state index contributed by atoms with van der Waals surface area (Å²) < 4.78 is 0.491. The number of hydrogen-bond acceptors (Lipinski definition) is 5. The number of carbonyl (C=O) groups excluding carboxylic acids is 1. The monoisotopic (exact) mass is 390 g/mol. The Hall–Kier alpha value is -0.790. The fourth-order valence-electron chi connectivity index (χ4n) is 2.06. The largest absolute Gasteiger partial charge is 0.507 e. The minimum absolute atomic E-state index is 0.128. The van der Waals surface area contributed by atoms with Crippen LogP contribution < -0.4 is 0 Å². The molecule has 1 N–H and O–H groups in total. The van der Waals surface area contributed by atoms with Crippen molar-refractivity contribution in [3.63, 3.8) is 0 Å². The van der Waals surface area contributed by atoms with Crippen LogP contribution in [0, 0.1) is 0 Å². The van der Waals surface area contributed by atoms with Crippen LogP contribution in [0.4, 0.5) is 0 Å². The topological polar surface area (TPSA) is 43.8 Å². The Morgan fingerprint density at radius 1 is 1.26 bits per heavy atom. The summed E-state index contributed by atoms with van der Waals surface area (Å²) >= 11 is 18.1. The number of amides is 1. The molecule has 0 saturated carbocycles. The van der Waals surface area contributed by atoms with Crippen molar-refractivity contribution in [1.29, 1.82) is 0 Å². The van der Waals surface area contributed by atoms with E-state index in [0.29, 0.717) is 46.3 Å². The van der Waals surface area contributed by atoms with Crippen molar-refractivity contribution < 1.29 is 9.90 Å². The van der Waals surface area contributed by atoms with E-state index in [1.807, 2.05) is 4.90 Å². The van der Waals surface area contributed by atoms with Crippen LogP contribution in [0.5, 0.6) is 5.75 Å². The molecule has 0 atom stereocenters. The molecule has 0 radical (unpaired) electrons. The molecule has 0 unspecified atom stereocenters. The third-order valence-corrected chi connectivity index (χ3v) is 4.96. The number of thioether (sulfide) groups is 1. The van der Waals surface area contributed by atoms with Crippen molar-refractivity contribution >= 4 is 63.5 Å². The van der Waals surface area contributed by atoms with Crippen molar-refractivity contribution in [1.82, 2.24) is 9.80 Å². The summed E-state index contributed by atoms with van der Waals surface area (Å²) in [5, 5.41) is 9.83. The number of para-hydroxylation sites is 1. The Morgan fingerprint density at radius 2 is 1.91 bits per heavy atom. The SMILES string of the molecule is O=C1/C(=C\c2ccccc2O)SC(=S)N1CN(CCCl)CCCl. The highest BCUT2D eigenvalue weighted by Gasteiger charge is 2.33. The minimum Gasteiger partial charge on any atom is -0.507 e. The summed E-state index contributed by atoms with van der Waals surface area (Å²) in [6.45, 7) is 1.62. The van der Waals surface area contributed by atoms with Gasteiger partial charge in [-0.15, -0.1) is 23.2 Å². The number of aromatic hydroxyl groups is 1. The highest BCUT2D eigenvalue weighted by Crippen LogP contribution is 2.34. The lowest BCUT2D eigenvalue weighted by Gasteiger charge is -2.25. The average molecular weight is 391 g/mol. The first-order valence-corrected chi connectivity index (χ1v) is 9.24. The predicted molar refractivity (Wildman–Crippen MR) is 101 cm³/mol. The van der Waals surface area contributed by atoms with Gasteiger partial charge in [-0.05, 0) is 12.1 Å². The van der Waals surface area contributed by atoms with Gasteiger partial charge in [-0.2, -0.15) is 0 Å². The molecule has 0 bridgehead atoms. The van der Waals surface area contributed by atoms with E-state index < -0.39 is 0 Å². The standard InChI is InChI=1S/C15H16Cl2N2O2S2/c16-5-7-18(8-6-17)10-19-14(21)13(23-15(19)22)9-11-3-1-2-4-12(11)20/h1-4,9,20H,5-8,10H2/b13-9+. The van der Waals surface area contributed by atoms with Gasteiger partial charge in [-0.3, -0.25) is 14.6 Å². The van der Waals surface area contributed by atoms with Gasteiger partial charge in [0.1, 0.15) is 10.1 Å². The molecular formula is C15H16Cl2N2O2S2. The molecule has 1 aromatic rings. The van der Waals surface area contributed by atoms with E-state index in [1.165, 1.54) is 16.7 Å². The zero-order valence-electron chi connectivity index (χ0n) is 12.2. The maximum absolute atomic E-state index is 12.6. The highest BCUT2D eigenvalue weighted by molar-refractivity contribution is 8.26. The molecule has 1 aliphatic rings. The molecule has 1 heterocycles. The Bertz CT molecular complexity index is 619. The first-order chi connectivity index (χ1) is 11.1. The summed E-state index contributed by atoms with van der Waals surface area (Å²) in [6, 6.07) is 6.85. The molecule has 0 aromatic heterocycles. The van der Waals surface area contributed by atoms with Crippen LogP contribution in [0.25, 0.3) is 6.08 Å².